The lowest BCUT2D eigenvalue weighted by molar-refractivity contribution is -0.135. The minimum absolute atomic E-state index is 0.0322. The Bertz CT molecular complexity index is 812. The van der Waals surface area contributed by atoms with Gasteiger partial charge in [-0.2, -0.15) is 5.10 Å². The first kappa shape index (κ1) is 20.6. The molecule has 1 aromatic carbocycles. The number of benzene rings is 1. The fourth-order valence-corrected chi connectivity index (χ4v) is 2.94. The number of halogens is 1. The lowest BCUT2D eigenvalue weighted by Gasteiger charge is -2.21. The maximum Gasteiger partial charge on any atom is 0.239 e. The molecular weight excluding hydrogens is 347 g/mol. The van der Waals surface area contributed by atoms with E-state index in [1.165, 1.54) is 17.0 Å². The summed E-state index contributed by atoms with van der Waals surface area (Å²) >= 11 is 0. The highest BCUT2D eigenvalue weighted by Crippen LogP contribution is 2.19. The summed E-state index contributed by atoms with van der Waals surface area (Å²) in [4.78, 5) is 26.2. The molecule has 1 N–H and O–H groups in total. The third-order valence-electron chi connectivity index (χ3n) is 4.36. The Morgan fingerprint density at radius 1 is 1.22 bits per heavy atom. The van der Waals surface area contributed by atoms with E-state index < -0.39 is 0 Å². The minimum atomic E-state index is -0.311. The summed E-state index contributed by atoms with van der Waals surface area (Å²) in [7, 11) is 0. The van der Waals surface area contributed by atoms with Crippen LogP contribution >= 0.6 is 0 Å². The van der Waals surface area contributed by atoms with Gasteiger partial charge in [-0.1, -0.05) is 0 Å². The second-order valence-electron chi connectivity index (χ2n) is 6.84. The maximum absolute atomic E-state index is 13.2. The molecule has 1 aromatic heterocycles. The van der Waals surface area contributed by atoms with Crippen molar-refractivity contribution in [3.63, 3.8) is 0 Å². The molecule has 0 bridgehead atoms. The molecule has 0 saturated carbocycles. The van der Waals surface area contributed by atoms with Crippen molar-refractivity contribution in [1.29, 1.82) is 0 Å². The number of hydrogen-bond donors (Lipinski definition) is 1. The SMILES string of the molecule is CCN(CC(=O)NC(C)C)C(=O)Cc1c(C)nn(-c2ccc(F)cc2)c1C. The molecule has 2 amide bonds. The van der Waals surface area contributed by atoms with Crippen LogP contribution in [0.3, 0.4) is 0 Å². The van der Waals surface area contributed by atoms with Crippen LogP contribution in [0.2, 0.25) is 0 Å². The van der Waals surface area contributed by atoms with Gasteiger partial charge >= 0.3 is 0 Å². The van der Waals surface area contributed by atoms with Gasteiger partial charge in [0.2, 0.25) is 11.8 Å². The highest BCUT2D eigenvalue weighted by molar-refractivity contribution is 5.86. The van der Waals surface area contributed by atoms with Crippen molar-refractivity contribution in [1.82, 2.24) is 20.0 Å². The van der Waals surface area contributed by atoms with Gasteiger partial charge in [-0.05, 0) is 58.9 Å². The molecule has 2 aromatic rings. The smallest absolute Gasteiger partial charge is 0.239 e. The van der Waals surface area contributed by atoms with Gasteiger partial charge in [-0.25, -0.2) is 9.07 Å². The van der Waals surface area contributed by atoms with E-state index in [4.69, 9.17) is 0 Å². The predicted molar refractivity (Wildman–Crippen MR) is 102 cm³/mol. The molecule has 7 heteroatoms. The number of aromatic nitrogens is 2. The van der Waals surface area contributed by atoms with Crippen LogP contribution in [-0.2, 0) is 16.0 Å². The number of hydrogen-bond acceptors (Lipinski definition) is 3. The molecule has 6 nitrogen and oxygen atoms in total. The molecule has 0 radical (unpaired) electrons. The molecule has 0 unspecified atom stereocenters. The van der Waals surface area contributed by atoms with Crippen LogP contribution in [0.15, 0.2) is 24.3 Å². The van der Waals surface area contributed by atoms with E-state index in [0.717, 1.165) is 22.6 Å². The van der Waals surface area contributed by atoms with Gasteiger partial charge in [0.1, 0.15) is 5.82 Å². The first-order valence-electron chi connectivity index (χ1n) is 9.11. The number of carbonyl (C=O) groups excluding carboxylic acids is 2. The molecule has 2 rings (SSSR count). The van der Waals surface area contributed by atoms with Crippen molar-refractivity contribution in [3.8, 4) is 5.69 Å². The van der Waals surface area contributed by atoms with E-state index in [1.54, 1.807) is 16.8 Å². The molecule has 0 fully saturated rings. The van der Waals surface area contributed by atoms with Gasteiger partial charge in [0, 0.05) is 23.8 Å². The van der Waals surface area contributed by atoms with E-state index >= 15 is 0 Å². The summed E-state index contributed by atoms with van der Waals surface area (Å²) < 4.78 is 14.9. The standard InChI is InChI=1S/C20H27FN4O2/c1-6-24(12-19(26)22-13(2)3)20(27)11-18-14(4)23-25(15(18)5)17-9-7-16(21)8-10-17/h7-10,13H,6,11-12H2,1-5H3,(H,22,26). The minimum Gasteiger partial charge on any atom is -0.352 e. The van der Waals surface area contributed by atoms with Gasteiger partial charge < -0.3 is 10.2 Å². The monoisotopic (exact) mass is 374 g/mol. The van der Waals surface area contributed by atoms with Gasteiger partial charge in [-0.3, -0.25) is 9.59 Å². The second kappa shape index (κ2) is 8.79. The first-order valence-corrected chi connectivity index (χ1v) is 9.11. The van der Waals surface area contributed by atoms with Crippen molar-refractivity contribution in [2.45, 2.75) is 47.1 Å². The number of nitrogens with one attached hydrogen (secondary N) is 1. The highest BCUT2D eigenvalue weighted by atomic mass is 19.1. The molecule has 0 saturated heterocycles. The molecular formula is C20H27FN4O2. The zero-order valence-electron chi connectivity index (χ0n) is 16.5. The van der Waals surface area contributed by atoms with Crippen LogP contribution in [0.25, 0.3) is 5.69 Å². The number of rotatable bonds is 7. The van der Waals surface area contributed by atoms with E-state index in [-0.39, 0.29) is 36.6 Å². The van der Waals surface area contributed by atoms with Crippen molar-refractivity contribution in [3.05, 3.63) is 47.0 Å². The number of amides is 2. The van der Waals surface area contributed by atoms with Crippen molar-refractivity contribution in [2.24, 2.45) is 0 Å². The Labute approximate surface area is 159 Å². The third-order valence-corrected chi connectivity index (χ3v) is 4.36. The van der Waals surface area contributed by atoms with Gasteiger partial charge in [0.15, 0.2) is 0 Å². The summed E-state index contributed by atoms with van der Waals surface area (Å²) in [6.45, 7) is 9.83. The largest absolute Gasteiger partial charge is 0.352 e. The second-order valence-corrected chi connectivity index (χ2v) is 6.84. The normalized spacial score (nSPS) is 10.9. The molecule has 0 spiro atoms. The lowest BCUT2D eigenvalue weighted by Crippen LogP contribution is -2.43. The Kier molecular flexibility index (Phi) is 6.71. The van der Waals surface area contributed by atoms with Crippen LogP contribution in [0.1, 0.15) is 37.7 Å². The lowest BCUT2D eigenvalue weighted by atomic mass is 10.1. The van der Waals surface area contributed by atoms with Crippen LogP contribution in [0.4, 0.5) is 4.39 Å². The van der Waals surface area contributed by atoms with E-state index in [9.17, 15) is 14.0 Å². The Hall–Kier alpha value is -2.70. The summed E-state index contributed by atoms with van der Waals surface area (Å²) in [6.07, 6.45) is 0.168. The third kappa shape index (κ3) is 5.15. The Balaban J connectivity index is 2.17. The summed E-state index contributed by atoms with van der Waals surface area (Å²) in [5.41, 5.74) is 3.13. The average Bonchev–Trinajstić information content (AvgIpc) is 2.87. The zero-order chi connectivity index (χ0) is 20.1. The summed E-state index contributed by atoms with van der Waals surface area (Å²) in [6, 6.07) is 6.08. The fourth-order valence-electron chi connectivity index (χ4n) is 2.94. The first-order chi connectivity index (χ1) is 12.7. The fraction of sp³-hybridized carbons (Fsp3) is 0.450. The molecule has 1 heterocycles. The Morgan fingerprint density at radius 2 is 1.85 bits per heavy atom. The van der Waals surface area contributed by atoms with Crippen molar-refractivity contribution < 1.29 is 14.0 Å². The van der Waals surface area contributed by atoms with Gasteiger partial charge in [0.05, 0.1) is 24.3 Å². The van der Waals surface area contributed by atoms with Crippen LogP contribution in [0.5, 0.6) is 0 Å². The summed E-state index contributed by atoms with van der Waals surface area (Å²) in [5.74, 6) is -0.606. The van der Waals surface area contributed by atoms with Gasteiger partial charge in [-0.15, -0.1) is 0 Å². The highest BCUT2D eigenvalue weighted by Gasteiger charge is 2.21. The maximum atomic E-state index is 13.2. The quantitative estimate of drug-likeness (QED) is 0.810. The molecule has 27 heavy (non-hydrogen) atoms. The molecule has 146 valence electrons. The topological polar surface area (TPSA) is 67.2 Å². The molecule has 0 aliphatic carbocycles. The average molecular weight is 374 g/mol. The predicted octanol–water partition coefficient (Wildman–Crippen LogP) is 2.54. The van der Waals surface area contributed by atoms with Crippen LogP contribution in [0, 0.1) is 19.7 Å². The van der Waals surface area contributed by atoms with E-state index in [2.05, 4.69) is 10.4 Å². The molecule has 0 aliphatic heterocycles. The van der Waals surface area contributed by atoms with Crippen LogP contribution in [-0.4, -0.2) is 45.6 Å². The molecule has 0 atom stereocenters. The number of nitrogens with zero attached hydrogens (tertiary/aromatic N) is 3. The zero-order valence-corrected chi connectivity index (χ0v) is 16.5. The van der Waals surface area contributed by atoms with Crippen LogP contribution < -0.4 is 5.32 Å². The Morgan fingerprint density at radius 3 is 2.41 bits per heavy atom. The van der Waals surface area contributed by atoms with Crippen molar-refractivity contribution >= 4 is 11.8 Å². The van der Waals surface area contributed by atoms with E-state index in [1.807, 2.05) is 34.6 Å². The van der Waals surface area contributed by atoms with E-state index in [0.29, 0.717) is 6.54 Å². The van der Waals surface area contributed by atoms with Gasteiger partial charge in [0.25, 0.3) is 0 Å². The molecule has 0 aliphatic rings. The van der Waals surface area contributed by atoms with Crippen molar-refractivity contribution in [2.75, 3.05) is 13.1 Å². The number of carbonyl (C=O) groups is 2. The summed E-state index contributed by atoms with van der Waals surface area (Å²) in [5, 5.41) is 7.29. The number of likely N-dealkylation sites (N-methyl/N-ethyl adjacent to an activating group) is 1. The number of aryl methyl sites for hydroxylation is 1.